The number of nitriles is 1. The molecule has 0 saturated carbocycles. The van der Waals surface area contributed by atoms with Crippen LogP contribution in [0.1, 0.15) is 18.4 Å². The summed E-state index contributed by atoms with van der Waals surface area (Å²) < 4.78 is 24.4. The van der Waals surface area contributed by atoms with Crippen LogP contribution in [0.4, 0.5) is 0 Å². The molecule has 1 heterocycles. The maximum atomic E-state index is 12.2. The van der Waals surface area contributed by atoms with Crippen molar-refractivity contribution in [1.29, 1.82) is 5.26 Å². The SMILES string of the molecule is CN1CCCC1CNCCS(=O)(=O)c1cccc(C#N)c1. The minimum absolute atomic E-state index is 0.0539. The van der Waals surface area contributed by atoms with Crippen molar-refractivity contribution in [1.82, 2.24) is 10.2 Å². The first-order valence-corrected chi connectivity index (χ1v) is 8.82. The van der Waals surface area contributed by atoms with E-state index >= 15 is 0 Å². The van der Waals surface area contributed by atoms with Gasteiger partial charge in [0.25, 0.3) is 0 Å². The zero-order valence-electron chi connectivity index (χ0n) is 12.2. The summed E-state index contributed by atoms with van der Waals surface area (Å²) in [6.07, 6.45) is 2.38. The fraction of sp³-hybridized carbons (Fsp3) is 0.533. The Hall–Kier alpha value is -1.42. The number of benzene rings is 1. The third-order valence-corrected chi connectivity index (χ3v) is 5.64. The first kappa shape index (κ1) is 16.0. The molecular weight excluding hydrogens is 286 g/mol. The van der Waals surface area contributed by atoms with Crippen LogP contribution in [0.3, 0.4) is 0 Å². The molecule has 1 unspecified atom stereocenters. The molecule has 1 aliphatic heterocycles. The van der Waals surface area contributed by atoms with Gasteiger partial charge in [-0.25, -0.2) is 8.42 Å². The highest BCUT2D eigenvalue weighted by molar-refractivity contribution is 7.91. The largest absolute Gasteiger partial charge is 0.314 e. The van der Waals surface area contributed by atoms with E-state index in [9.17, 15) is 8.42 Å². The van der Waals surface area contributed by atoms with E-state index in [0.29, 0.717) is 18.2 Å². The minimum atomic E-state index is -3.33. The second-order valence-electron chi connectivity index (χ2n) is 5.44. The maximum absolute atomic E-state index is 12.2. The van der Waals surface area contributed by atoms with E-state index in [1.54, 1.807) is 18.2 Å². The van der Waals surface area contributed by atoms with Gasteiger partial charge in [-0.15, -0.1) is 0 Å². The van der Waals surface area contributed by atoms with Crippen LogP contribution in [-0.4, -0.2) is 51.8 Å². The van der Waals surface area contributed by atoms with E-state index in [1.807, 2.05) is 6.07 Å². The van der Waals surface area contributed by atoms with Crippen LogP contribution in [0.15, 0.2) is 29.2 Å². The molecule has 1 aliphatic rings. The number of rotatable bonds is 6. The monoisotopic (exact) mass is 307 g/mol. The summed E-state index contributed by atoms with van der Waals surface area (Å²) >= 11 is 0. The average molecular weight is 307 g/mol. The van der Waals surface area contributed by atoms with Crippen LogP contribution in [0.25, 0.3) is 0 Å². The third-order valence-electron chi connectivity index (χ3n) is 3.92. The Morgan fingerprint density at radius 2 is 2.29 bits per heavy atom. The fourth-order valence-electron chi connectivity index (χ4n) is 2.59. The van der Waals surface area contributed by atoms with Crippen LogP contribution < -0.4 is 5.32 Å². The molecule has 0 bridgehead atoms. The van der Waals surface area contributed by atoms with Crippen molar-refractivity contribution >= 4 is 9.84 Å². The Balaban J connectivity index is 1.85. The van der Waals surface area contributed by atoms with E-state index in [1.165, 1.54) is 18.9 Å². The minimum Gasteiger partial charge on any atom is -0.314 e. The lowest BCUT2D eigenvalue weighted by molar-refractivity contribution is 0.302. The number of nitrogens with zero attached hydrogens (tertiary/aromatic N) is 2. The average Bonchev–Trinajstić information content (AvgIpc) is 2.89. The Bertz CT molecular complexity index is 622. The van der Waals surface area contributed by atoms with E-state index in [-0.39, 0.29) is 10.6 Å². The molecule has 0 aliphatic carbocycles. The molecule has 1 aromatic carbocycles. The van der Waals surface area contributed by atoms with Gasteiger partial charge in [0.1, 0.15) is 0 Å². The Morgan fingerprint density at radius 1 is 1.48 bits per heavy atom. The van der Waals surface area contributed by atoms with Gasteiger partial charge in [-0.1, -0.05) is 6.07 Å². The van der Waals surface area contributed by atoms with Crippen LogP contribution in [-0.2, 0) is 9.84 Å². The molecule has 0 amide bonds. The van der Waals surface area contributed by atoms with Crippen molar-refractivity contribution in [3.05, 3.63) is 29.8 Å². The number of sulfone groups is 1. The van der Waals surface area contributed by atoms with Crippen molar-refractivity contribution in [3.8, 4) is 6.07 Å². The normalized spacial score (nSPS) is 19.5. The molecule has 0 spiro atoms. The molecule has 1 atom stereocenters. The van der Waals surface area contributed by atoms with Crippen molar-refractivity contribution in [3.63, 3.8) is 0 Å². The third kappa shape index (κ3) is 4.27. The molecule has 1 N–H and O–H groups in total. The van der Waals surface area contributed by atoms with Crippen molar-refractivity contribution < 1.29 is 8.42 Å². The molecule has 114 valence electrons. The van der Waals surface area contributed by atoms with E-state index < -0.39 is 9.84 Å². The highest BCUT2D eigenvalue weighted by Crippen LogP contribution is 2.14. The lowest BCUT2D eigenvalue weighted by atomic mass is 10.2. The first-order valence-electron chi connectivity index (χ1n) is 7.17. The number of likely N-dealkylation sites (tertiary alicyclic amines) is 1. The van der Waals surface area contributed by atoms with Crippen LogP contribution >= 0.6 is 0 Å². The van der Waals surface area contributed by atoms with Gasteiger partial charge in [0, 0.05) is 19.1 Å². The number of hydrogen-bond donors (Lipinski definition) is 1. The van der Waals surface area contributed by atoms with Gasteiger partial charge in [-0.2, -0.15) is 5.26 Å². The Labute approximate surface area is 126 Å². The summed E-state index contributed by atoms with van der Waals surface area (Å²) in [5.41, 5.74) is 0.372. The predicted molar refractivity (Wildman–Crippen MR) is 81.7 cm³/mol. The molecule has 6 heteroatoms. The second kappa shape index (κ2) is 7.03. The second-order valence-corrected chi connectivity index (χ2v) is 7.55. The zero-order chi connectivity index (χ0) is 15.3. The van der Waals surface area contributed by atoms with Crippen LogP contribution in [0.2, 0.25) is 0 Å². The van der Waals surface area contributed by atoms with E-state index in [2.05, 4.69) is 17.3 Å². The molecule has 1 fully saturated rings. The topological polar surface area (TPSA) is 73.2 Å². The predicted octanol–water partition coefficient (Wildman–Crippen LogP) is 1.02. The molecule has 2 rings (SSSR count). The highest BCUT2D eigenvalue weighted by atomic mass is 32.2. The van der Waals surface area contributed by atoms with Gasteiger partial charge in [-0.05, 0) is 44.6 Å². The molecule has 5 nitrogen and oxygen atoms in total. The van der Waals surface area contributed by atoms with Gasteiger partial charge in [0.05, 0.1) is 22.3 Å². The van der Waals surface area contributed by atoms with Gasteiger partial charge >= 0.3 is 0 Å². The molecule has 1 saturated heterocycles. The molecule has 0 radical (unpaired) electrons. The maximum Gasteiger partial charge on any atom is 0.179 e. The lowest BCUT2D eigenvalue weighted by Gasteiger charge is -2.19. The Kier molecular flexibility index (Phi) is 5.34. The highest BCUT2D eigenvalue weighted by Gasteiger charge is 2.20. The van der Waals surface area contributed by atoms with E-state index in [0.717, 1.165) is 13.1 Å². The van der Waals surface area contributed by atoms with Crippen molar-refractivity contribution in [2.45, 2.75) is 23.8 Å². The van der Waals surface area contributed by atoms with Gasteiger partial charge < -0.3 is 10.2 Å². The molecule has 0 aromatic heterocycles. The van der Waals surface area contributed by atoms with Gasteiger partial charge in [0.2, 0.25) is 0 Å². The standard InChI is InChI=1S/C15H21N3O2S/c1-18-8-3-5-14(18)12-17-7-9-21(19,20)15-6-2-4-13(10-15)11-16/h2,4,6,10,14,17H,3,5,7-9,12H2,1H3. The molecular formula is C15H21N3O2S. The zero-order valence-corrected chi connectivity index (χ0v) is 13.1. The quantitative estimate of drug-likeness (QED) is 0.794. The van der Waals surface area contributed by atoms with Gasteiger partial charge in [0.15, 0.2) is 9.84 Å². The lowest BCUT2D eigenvalue weighted by Crippen LogP contribution is -2.37. The number of hydrogen-bond acceptors (Lipinski definition) is 5. The Morgan fingerprint density at radius 3 is 2.95 bits per heavy atom. The number of likely N-dealkylation sites (N-methyl/N-ethyl adjacent to an activating group) is 1. The van der Waals surface area contributed by atoms with Crippen molar-refractivity contribution in [2.75, 3.05) is 32.4 Å². The van der Waals surface area contributed by atoms with Crippen molar-refractivity contribution in [2.24, 2.45) is 0 Å². The molecule has 21 heavy (non-hydrogen) atoms. The summed E-state index contributed by atoms with van der Waals surface area (Å²) in [4.78, 5) is 2.53. The van der Waals surface area contributed by atoms with Crippen LogP contribution in [0.5, 0.6) is 0 Å². The summed E-state index contributed by atoms with van der Waals surface area (Å²) in [5.74, 6) is 0.0539. The first-order chi connectivity index (χ1) is 10.0. The van der Waals surface area contributed by atoms with Crippen LogP contribution in [0, 0.1) is 11.3 Å². The number of nitrogens with one attached hydrogen (secondary N) is 1. The summed E-state index contributed by atoms with van der Waals surface area (Å²) in [6.45, 7) is 2.37. The van der Waals surface area contributed by atoms with E-state index in [4.69, 9.17) is 5.26 Å². The molecule has 1 aromatic rings. The fourth-order valence-corrected chi connectivity index (χ4v) is 3.83. The summed E-state index contributed by atoms with van der Waals surface area (Å²) in [7, 11) is -1.23. The smallest absolute Gasteiger partial charge is 0.179 e. The van der Waals surface area contributed by atoms with Gasteiger partial charge in [-0.3, -0.25) is 0 Å². The summed E-state index contributed by atoms with van der Waals surface area (Å²) in [5, 5.41) is 12.1. The summed E-state index contributed by atoms with van der Waals surface area (Å²) in [6, 6.07) is 8.65.